The van der Waals surface area contributed by atoms with Crippen molar-refractivity contribution in [2.24, 2.45) is 17.6 Å². The van der Waals surface area contributed by atoms with Crippen molar-refractivity contribution < 1.29 is 9.59 Å². The van der Waals surface area contributed by atoms with Gasteiger partial charge in [0.15, 0.2) is 0 Å². The second-order valence-electron chi connectivity index (χ2n) is 15.1. The third kappa shape index (κ3) is 7.59. The number of hydrogen-bond acceptors (Lipinski definition) is 8. The van der Waals surface area contributed by atoms with Crippen LogP contribution in [0.3, 0.4) is 0 Å². The Kier molecular flexibility index (Phi) is 10.4. The van der Waals surface area contributed by atoms with E-state index >= 15 is 0 Å². The molecule has 12 heteroatoms. The molecule has 0 radical (unpaired) electrons. The van der Waals surface area contributed by atoms with E-state index in [1.54, 1.807) is 6.20 Å². The summed E-state index contributed by atoms with van der Waals surface area (Å²) < 4.78 is 0. The van der Waals surface area contributed by atoms with Gasteiger partial charge in [0.05, 0.1) is 41.9 Å². The lowest BCUT2D eigenvalue weighted by Gasteiger charge is -2.30. The highest BCUT2D eigenvalue weighted by atomic mass is 16.2. The van der Waals surface area contributed by atoms with Crippen LogP contribution >= 0.6 is 0 Å². The minimum atomic E-state index is -0.504. The van der Waals surface area contributed by atoms with Crippen LogP contribution in [0.5, 0.6) is 0 Å². The Morgan fingerprint density at radius 1 is 0.717 bits per heavy atom. The Bertz CT molecular complexity index is 2030. The maximum atomic E-state index is 13.9. The molecule has 0 saturated carbocycles. The van der Waals surface area contributed by atoms with Crippen LogP contribution in [-0.4, -0.2) is 76.7 Å². The number of amides is 2. The van der Waals surface area contributed by atoms with Gasteiger partial charge in [-0.3, -0.25) is 9.59 Å². The molecule has 2 saturated heterocycles. The number of aromatic nitrogens is 6. The number of carbonyl (C=O) groups is 2. The van der Waals surface area contributed by atoms with Crippen LogP contribution in [0.15, 0.2) is 73.2 Å². The number of aryl methyl sites for hydroxylation is 1. The summed E-state index contributed by atoms with van der Waals surface area (Å²) in [5, 5.41) is 3.29. The number of hydrogen-bond donors (Lipinski definition) is 4. The fourth-order valence-electron chi connectivity index (χ4n) is 7.45. The fourth-order valence-corrected chi connectivity index (χ4v) is 7.45. The van der Waals surface area contributed by atoms with E-state index in [0.29, 0.717) is 19.0 Å². The van der Waals surface area contributed by atoms with Crippen molar-refractivity contribution in [3.05, 3.63) is 90.5 Å². The first kappa shape index (κ1) is 36.0. The van der Waals surface area contributed by atoms with Crippen LogP contribution in [0.25, 0.3) is 33.6 Å². The number of H-pyrrole nitrogens is 2. The molecule has 5 aromatic rings. The van der Waals surface area contributed by atoms with Gasteiger partial charge in [-0.1, -0.05) is 76.2 Å². The molecule has 5 heterocycles. The number of rotatable bonds is 11. The first-order valence-corrected chi connectivity index (χ1v) is 18.8. The number of carbonyl (C=O) groups excluding carboxylic acids is 2. The number of imidazole rings is 2. The summed E-state index contributed by atoms with van der Waals surface area (Å²) in [6, 6.07) is 17.5. The summed E-state index contributed by atoms with van der Waals surface area (Å²) >= 11 is 0. The SMILES string of the molecule is Cc1ccnc(N[C@H](C(=O)N2CCC[C@H]2c2ncc(-c3ccc(-c4ccc(-c5cnc([C@@H]6CCCN6C(=O)[C@@H](N)C(C)C)[nH]5)cc4)cc3)[nH]2)C(C)C)n1. The Hall–Kier alpha value is -5.36. The number of nitrogens with two attached hydrogens (primary N) is 1. The summed E-state index contributed by atoms with van der Waals surface area (Å²) in [6.07, 6.45) is 9.00. The molecule has 2 fully saturated rings. The fraction of sp³-hybridized carbons (Fsp3) is 0.415. The quantitative estimate of drug-likeness (QED) is 0.118. The Morgan fingerprint density at radius 3 is 1.68 bits per heavy atom. The van der Waals surface area contributed by atoms with Gasteiger partial charge in [0, 0.05) is 25.0 Å². The molecule has 0 unspecified atom stereocenters. The minimum absolute atomic E-state index is 0.00486. The van der Waals surface area contributed by atoms with Gasteiger partial charge < -0.3 is 30.8 Å². The second kappa shape index (κ2) is 15.3. The van der Waals surface area contributed by atoms with Crippen LogP contribution in [0, 0.1) is 18.8 Å². The number of aromatic amines is 2. The number of nitrogens with one attached hydrogen (secondary N) is 3. The molecule has 0 bridgehead atoms. The van der Waals surface area contributed by atoms with Crippen molar-refractivity contribution in [3.63, 3.8) is 0 Å². The Labute approximate surface area is 311 Å². The van der Waals surface area contributed by atoms with Gasteiger partial charge in [0.1, 0.15) is 17.7 Å². The van der Waals surface area contributed by atoms with E-state index in [1.807, 2.05) is 62.9 Å². The summed E-state index contributed by atoms with van der Waals surface area (Å²) in [5.41, 5.74) is 13.1. The molecule has 4 atom stereocenters. The highest BCUT2D eigenvalue weighted by Crippen LogP contribution is 2.35. The zero-order valence-corrected chi connectivity index (χ0v) is 31.2. The molecule has 3 aromatic heterocycles. The van der Waals surface area contributed by atoms with Gasteiger partial charge in [0.25, 0.3) is 0 Å². The summed E-state index contributed by atoms with van der Waals surface area (Å²) in [6.45, 7) is 11.3. The van der Waals surface area contributed by atoms with Crippen LogP contribution in [0.4, 0.5) is 5.95 Å². The van der Waals surface area contributed by atoms with Crippen LogP contribution in [-0.2, 0) is 9.59 Å². The van der Waals surface area contributed by atoms with Crippen LogP contribution in [0.2, 0.25) is 0 Å². The predicted molar refractivity (Wildman–Crippen MR) is 206 cm³/mol. The van der Waals surface area contributed by atoms with Crippen molar-refractivity contribution in [1.82, 2.24) is 39.7 Å². The van der Waals surface area contributed by atoms with E-state index in [1.165, 1.54) is 0 Å². The topological polar surface area (TPSA) is 162 Å². The minimum Gasteiger partial charge on any atom is -0.342 e. The number of nitrogens with zero attached hydrogens (tertiary/aromatic N) is 6. The molecule has 53 heavy (non-hydrogen) atoms. The molecular formula is C41H50N10O2. The van der Waals surface area contributed by atoms with Crippen molar-refractivity contribution in [1.29, 1.82) is 0 Å². The van der Waals surface area contributed by atoms with Gasteiger partial charge in [-0.15, -0.1) is 0 Å². The van der Waals surface area contributed by atoms with Crippen molar-refractivity contribution in [2.45, 2.75) is 84.5 Å². The van der Waals surface area contributed by atoms with Gasteiger partial charge >= 0.3 is 0 Å². The summed E-state index contributed by atoms with van der Waals surface area (Å²) in [4.78, 5) is 56.0. The van der Waals surface area contributed by atoms with Crippen molar-refractivity contribution in [2.75, 3.05) is 18.4 Å². The maximum Gasteiger partial charge on any atom is 0.246 e. The average Bonchev–Trinajstić information content (AvgIpc) is 4.00. The normalized spacial score (nSPS) is 18.6. The number of benzene rings is 2. The summed E-state index contributed by atoms with van der Waals surface area (Å²) in [7, 11) is 0. The molecule has 2 amide bonds. The van der Waals surface area contributed by atoms with E-state index in [0.717, 1.165) is 76.7 Å². The Balaban J connectivity index is 1.00. The second-order valence-corrected chi connectivity index (χ2v) is 15.1. The van der Waals surface area contributed by atoms with Crippen molar-refractivity contribution in [3.8, 4) is 33.6 Å². The monoisotopic (exact) mass is 714 g/mol. The molecule has 2 aliphatic rings. The van der Waals surface area contributed by atoms with Gasteiger partial charge in [-0.05, 0) is 72.8 Å². The molecule has 5 N–H and O–H groups in total. The van der Waals surface area contributed by atoms with Gasteiger partial charge in [0.2, 0.25) is 17.8 Å². The number of likely N-dealkylation sites (tertiary alicyclic amines) is 2. The Morgan fingerprint density at radius 2 is 1.21 bits per heavy atom. The molecule has 7 rings (SSSR count). The number of anilines is 1. The van der Waals surface area contributed by atoms with E-state index in [9.17, 15) is 9.59 Å². The highest BCUT2D eigenvalue weighted by molar-refractivity contribution is 5.85. The zero-order chi connectivity index (χ0) is 37.2. The molecule has 0 spiro atoms. The predicted octanol–water partition coefficient (Wildman–Crippen LogP) is 6.68. The molecule has 276 valence electrons. The maximum absolute atomic E-state index is 13.9. The first-order chi connectivity index (χ1) is 25.6. The summed E-state index contributed by atoms with van der Waals surface area (Å²) in [5.74, 6) is 2.24. The van der Waals surface area contributed by atoms with Gasteiger partial charge in [-0.2, -0.15) is 0 Å². The molecule has 2 aromatic carbocycles. The average molecular weight is 715 g/mol. The van der Waals surface area contributed by atoms with E-state index < -0.39 is 12.1 Å². The molecule has 12 nitrogen and oxygen atoms in total. The lowest BCUT2D eigenvalue weighted by atomic mass is 10.0. The third-order valence-electron chi connectivity index (χ3n) is 10.6. The molecule has 0 aliphatic carbocycles. The van der Waals surface area contributed by atoms with E-state index in [4.69, 9.17) is 10.7 Å². The van der Waals surface area contributed by atoms with Gasteiger partial charge in [-0.25, -0.2) is 19.9 Å². The standard InChI is InChI=1S/C41H50N10O2/c1-24(2)35(42)39(52)50-20-6-8-33(50)37-44-22-31(47-37)29-14-10-27(11-15-29)28-12-16-30(17-13-28)32-23-45-38(48-32)34-9-7-21-51(34)40(53)36(25(3)4)49-41-43-19-18-26(5)46-41/h10-19,22-25,33-36H,6-9,20-21,42H2,1-5H3,(H,44,47)(H,45,48)(H,43,46,49)/t33-,34-,35-,36-/m0/s1. The third-order valence-corrected chi connectivity index (χ3v) is 10.6. The molecular weight excluding hydrogens is 665 g/mol. The van der Waals surface area contributed by atoms with E-state index in [2.05, 4.69) is 78.8 Å². The van der Waals surface area contributed by atoms with E-state index in [-0.39, 0.29) is 35.7 Å². The first-order valence-electron chi connectivity index (χ1n) is 18.8. The molecule has 2 aliphatic heterocycles. The lowest BCUT2D eigenvalue weighted by molar-refractivity contribution is -0.135. The van der Waals surface area contributed by atoms with Crippen LogP contribution < -0.4 is 11.1 Å². The largest absolute Gasteiger partial charge is 0.342 e. The van der Waals surface area contributed by atoms with Crippen molar-refractivity contribution >= 4 is 17.8 Å². The highest BCUT2D eigenvalue weighted by Gasteiger charge is 2.37. The van der Waals surface area contributed by atoms with Crippen LogP contribution in [0.1, 0.15) is 82.8 Å². The smallest absolute Gasteiger partial charge is 0.246 e. The zero-order valence-electron chi connectivity index (χ0n) is 31.2. The lowest BCUT2D eigenvalue weighted by Crippen LogP contribution is -2.46.